The molecule has 1 saturated heterocycles. The van der Waals surface area contributed by atoms with Gasteiger partial charge in [-0.15, -0.1) is 0 Å². The average molecular weight is 401 g/mol. The number of likely N-dealkylation sites (tertiary alicyclic amines) is 1. The summed E-state index contributed by atoms with van der Waals surface area (Å²) in [5.41, 5.74) is 6.15. The molecule has 1 aromatic carbocycles. The quantitative estimate of drug-likeness (QED) is 0.786. The molecule has 9 heteroatoms. The zero-order valence-electron chi connectivity index (χ0n) is 15.0. The van der Waals surface area contributed by atoms with E-state index in [0.29, 0.717) is 31.7 Å². The van der Waals surface area contributed by atoms with Crippen molar-refractivity contribution in [3.05, 3.63) is 29.8 Å². The van der Waals surface area contributed by atoms with Gasteiger partial charge in [-0.05, 0) is 56.6 Å². The van der Waals surface area contributed by atoms with Crippen LogP contribution in [0.15, 0.2) is 23.1 Å². The van der Waals surface area contributed by atoms with Gasteiger partial charge in [0.25, 0.3) is 0 Å². The number of nitrogens with two attached hydrogens (primary N) is 1. The second-order valence-electron chi connectivity index (χ2n) is 7.37. The van der Waals surface area contributed by atoms with Crippen LogP contribution >= 0.6 is 0 Å². The first kappa shape index (κ1) is 20.2. The fraction of sp³-hybridized carbons (Fsp3) is 0.611. The van der Waals surface area contributed by atoms with Gasteiger partial charge >= 0.3 is 0 Å². The molecule has 1 amide bonds. The Kier molecular flexibility index (Phi) is 6.12. The summed E-state index contributed by atoms with van der Waals surface area (Å²) in [5.74, 6) is -1.95. The molecule has 6 nitrogen and oxygen atoms in total. The molecule has 2 aliphatic rings. The highest BCUT2D eigenvalue weighted by atomic mass is 32.2. The van der Waals surface area contributed by atoms with Crippen molar-refractivity contribution in [3.8, 4) is 0 Å². The first-order chi connectivity index (χ1) is 12.8. The Hall–Kier alpha value is -1.58. The molecule has 1 unspecified atom stereocenters. The van der Waals surface area contributed by atoms with Crippen LogP contribution in [0.1, 0.15) is 38.5 Å². The fourth-order valence-electron chi connectivity index (χ4n) is 3.92. The van der Waals surface area contributed by atoms with E-state index in [2.05, 4.69) is 4.72 Å². The van der Waals surface area contributed by atoms with Gasteiger partial charge in [0.2, 0.25) is 15.9 Å². The Bertz CT molecular complexity index is 789. The minimum absolute atomic E-state index is 0.0152. The van der Waals surface area contributed by atoms with Gasteiger partial charge in [0.1, 0.15) is 16.5 Å². The highest BCUT2D eigenvalue weighted by Crippen LogP contribution is 2.29. The van der Waals surface area contributed by atoms with Crippen molar-refractivity contribution >= 4 is 15.9 Å². The molecule has 1 aliphatic heterocycles. The zero-order chi connectivity index (χ0) is 19.6. The number of hydrogen-bond acceptors (Lipinski definition) is 4. The van der Waals surface area contributed by atoms with Gasteiger partial charge in [-0.2, -0.15) is 0 Å². The van der Waals surface area contributed by atoms with E-state index in [0.717, 1.165) is 38.1 Å². The molecule has 1 aliphatic carbocycles. The smallest absolute Gasteiger partial charge is 0.243 e. The van der Waals surface area contributed by atoms with Crippen LogP contribution in [0.4, 0.5) is 8.78 Å². The van der Waals surface area contributed by atoms with Gasteiger partial charge in [-0.1, -0.05) is 0 Å². The van der Waals surface area contributed by atoms with Crippen LogP contribution in [0.2, 0.25) is 0 Å². The molecule has 0 radical (unpaired) electrons. The normalized spacial score (nSPS) is 24.8. The van der Waals surface area contributed by atoms with Crippen LogP contribution in [-0.4, -0.2) is 44.4 Å². The largest absolute Gasteiger partial charge is 0.341 e. The molecule has 1 atom stereocenters. The van der Waals surface area contributed by atoms with E-state index < -0.39 is 32.6 Å². The van der Waals surface area contributed by atoms with E-state index in [9.17, 15) is 22.0 Å². The number of carbonyl (C=O) groups is 1. The Balaban J connectivity index is 1.56. The average Bonchev–Trinajstić information content (AvgIpc) is 3.15. The van der Waals surface area contributed by atoms with Crippen molar-refractivity contribution in [1.82, 2.24) is 9.62 Å². The molecule has 3 rings (SSSR count). The maximum absolute atomic E-state index is 13.8. The van der Waals surface area contributed by atoms with Crippen molar-refractivity contribution in [2.24, 2.45) is 11.7 Å². The fourth-order valence-corrected chi connectivity index (χ4v) is 5.29. The molecule has 150 valence electrons. The van der Waals surface area contributed by atoms with Gasteiger partial charge in [0.05, 0.1) is 6.04 Å². The second-order valence-corrected chi connectivity index (χ2v) is 9.05. The summed E-state index contributed by atoms with van der Waals surface area (Å²) >= 11 is 0. The van der Waals surface area contributed by atoms with Crippen LogP contribution in [0.3, 0.4) is 0 Å². The molecule has 1 aromatic rings. The van der Waals surface area contributed by atoms with Crippen molar-refractivity contribution in [3.63, 3.8) is 0 Å². The zero-order valence-corrected chi connectivity index (χ0v) is 15.9. The lowest BCUT2D eigenvalue weighted by Crippen LogP contribution is -2.49. The Morgan fingerprint density at radius 2 is 1.78 bits per heavy atom. The molecule has 3 N–H and O–H groups in total. The number of hydrogen-bond donors (Lipinski definition) is 2. The van der Waals surface area contributed by atoms with Crippen molar-refractivity contribution < 1.29 is 22.0 Å². The number of carbonyl (C=O) groups excluding carboxylic acids is 1. The Morgan fingerprint density at radius 3 is 2.37 bits per heavy atom. The predicted molar refractivity (Wildman–Crippen MR) is 96.2 cm³/mol. The van der Waals surface area contributed by atoms with Gasteiger partial charge in [0, 0.05) is 25.2 Å². The molecular weight excluding hydrogens is 376 g/mol. The lowest BCUT2D eigenvalue weighted by Gasteiger charge is -2.33. The van der Waals surface area contributed by atoms with Crippen LogP contribution in [0, 0.1) is 17.6 Å². The molecular formula is C18H25F2N3O3S. The number of amides is 1. The van der Waals surface area contributed by atoms with E-state index in [1.54, 1.807) is 4.90 Å². The van der Waals surface area contributed by atoms with Crippen LogP contribution in [0.5, 0.6) is 0 Å². The van der Waals surface area contributed by atoms with Crippen molar-refractivity contribution in [1.29, 1.82) is 0 Å². The predicted octanol–water partition coefficient (Wildman–Crippen LogP) is 1.75. The van der Waals surface area contributed by atoms with E-state index in [4.69, 9.17) is 5.73 Å². The molecule has 27 heavy (non-hydrogen) atoms. The molecule has 0 aromatic heterocycles. The van der Waals surface area contributed by atoms with Crippen LogP contribution in [-0.2, 0) is 14.8 Å². The van der Waals surface area contributed by atoms with Gasteiger partial charge in [0.15, 0.2) is 0 Å². The van der Waals surface area contributed by atoms with Crippen LogP contribution < -0.4 is 10.5 Å². The summed E-state index contributed by atoms with van der Waals surface area (Å²) in [5, 5.41) is 0. The number of nitrogens with zero attached hydrogens (tertiary/aromatic N) is 1. The number of benzene rings is 1. The van der Waals surface area contributed by atoms with E-state index in [1.165, 1.54) is 0 Å². The first-order valence-corrected chi connectivity index (χ1v) is 10.8. The summed E-state index contributed by atoms with van der Waals surface area (Å²) in [6.45, 7) is 1.51. The third kappa shape index (κ3) is 4.64. The Morgan fingerprint density at radius 1 is 1.15 bits per heavy atom. The minimum atomic E-state index is -4.07. The highest BCUT2D eigenvalue weighted by Gasteiger charge is 2.34. The minimum Gasteiger partial charge on any atom is -0.341 e. The lowest BCUT2D eigenvalue weighted by atomic mass is 9.81. The van der Waals surface area contributed by atoms with Crippen molar-refractivity contribution in [2.45, 2.75) is 55.5 Å². The summed E-state index contributed by atoms with van der Waals surface area (Å²) in [4.78, 5) is 13.7. The number of sulfonamides is 1. The third-order valence-corrected chi connectivity index (χ3v) is 7.04. The van der Waals surface area contributed by atoms with E-state index in [-0.39, 0.29) is 17.9 Å². The van der Waals surface area contributed by atoms with Crippen molar-refractivity contribution in [2.75, 3.05) is 13.1 Å². The highest BCUT2D eigenvalue weighted by molar-refractivity contribution is 7.89. The molecule has 1 heterocycles. The topological polar surface area (TPSA) is 92.5 Å². The molecule has 0 spiro atoms. The first-order valence-electron chi connectivity index (χ1n) is 9.29. The number of nitrogens with one attached hydrogen (secondary N) is 1. The lowest BCUT2D eigenvalue weighted by molar-refractivity contribution is -0.133. The molecule has 0 bridgehead atoms. The number of halogens is 2. The summed E-state index contributed by atoms with van der Waals surface area (Å²) in [6.07, 6.45) is 4.31. The summed E-state index contributed by atoms with van der Waals surface area (Å²) in [6, 6.07) is 1.47. The Labute approximate surface area is 158 Å². The maximum atomic E-state index is 13.8. The summed E-state index contributed by atoms with van der Waals surface area (Å²) < 4.78 is 54.0. The van der Waals surface area contributed by atoms with E-state index >= 15 is 0 Å². The molecule has 2 fully saturated rings. The third-order valence-electron chi connectivity index (χ3n) is 5.49. The number of rotatable bonds is 5. The van der Waals surface area contributed by atoms with Gasteiger partial charge in [-0.3, -0.25) is 4.79 Å². The van der Waals surface area contributed by atoms with E-state index in [1.807, 2.05) is 0 Å². The standard InChI is InChI=1S/C18H25F2N3O3S/c19-13-5-8-16(15(20)11-13)27(25,26)22-14-6-3-12(4-7-14)17(21)18(24)23-9-1-2-10-23/h5,8,11-12,14,17,22H,1-4,6-7,9-10,21H2. The monoisotopic (exact) mass is 401 g/mol. The van der Waals surface area contributed by atoms with Gasteiger partial charge < -0.3 is 10.6 Å². The van der Waals surface area contributed by atoms with Gasteiger partial charge in [-0.25, -0.2) is 21.9 Å². The summed E-state index contributed by atoms with van der Waals surface area (Å²) in [7, 11) is -4.07. The second kappa shape index (κ2) is 8.20. The van der Waals surface area contributed by atoms with Crippen LogP contribution in [0.25, 0.3) is 0 Å². The maximum Gasteiger partial charge on any atom is 0.243 e. The SMILES string of the molecule is NC(C(=O)N1CCCC1)C1CCC(NS(=O)(=O)c2ccc(F)cc2F)CC1. The molecule has 1 saturated carbocycles.